The van der Waals surface area contributed by atoms with Gasteiger partial charge in [-0.2, -0.15) is 0 Å². The number of hydrogen-bond donors (Lipinski definition) is 1. The van der Waals surface area contributed by atoms with Crippen LogP contribution in [0.2, 0.25) is 0 Å². The lowest BCUT2D eigenvalue weighted by Gasteiger charge is -2.28. The van der Waals surface area contributed by atoms with E-state index in [2.05, 4.69) is 43.0 Å². The van der Waals surface area contributed by atoms with Crippen molar-refractivity contribution in [2.24, 2.45) is 0 Å². The van der Waals surface area contributed by atoms with Crippen LogP contribution in [0, 0.1) is 6.92 Å². The zero-order valence-electron chi connectivity index (χ0n) is 10.4. The van der Waals surface area contributed by atoms with Crippen LogP contribution >= 0.6 is 0 Å². The van der Waals surface area contributed by atoms with Crippen molar-refractivity contribution in [3.63, 3.8) is 0 Å². The van der Waals surface area contributed by atoms with Crippen molar-refractivity contribution in [2.75, 3.05) is 6.54 Å². The summed E-state index contributed by atoms with van der Waals surface area (Å²) < 4.78 is 0. The molecule has 2 rings (SSSR count). The quantitative estimate of drug-likeness (QED) is 0.872. The standard InChI is InChI=1S/C14H19NO2/c1-10-5-7-12(8-6-10)11(2)15-9-3-4-13(15)14(16)17/h5-8,11,13H,3-4,9H2,1-2H3,(H,16,17). The second-order valence-electron chi connectivity index (χ2n) is 4.82. The molecular weight excluding hydrogens is 214 g/mol. The van der Waals surface area contributed by atoms with Crippen molar-refractivity contribution in [3.8, 4) is 0 Å². The zero-order valence-corrected chi connectivity index (χ0v) is 10.4. The molecule has 0 aliphatic carbocycles. The molecule has 92 valence electrons. The molecule has 0 aromatic heterocycles. The minimum Gasteiger partial charge on any atom is -0.480 e. The highest BCUT2D eigenvalue weighted by atomic mass is 16.4. The monoisotopic (exact) mass is 233 g/mol. The molecular formula is C14H19NO2. The lowest BCUT2D eigenvalue weighted by Crippen LogP contribution is -2.37. The fraction of sp³-hybridized carbons (Fsp3) is 0.500. The topological polar surface area (TPSA) is 40.5 Å². The van der Waals surface area contributed by atoms with Gasteiger partial charge in [-0.3, -0.25) is 9.69 Å². The zero-order chi connectivity index (χ0) is 12.4. The summed E-state index contributed by atoms with van der Waals surface area (Å²) in [7, 11) is 0. The fourth-order valence-corrected chi connectivity index (χ4v) is 2.55. The van der Waals surface area contributed by atoms with E-state index in [0.717, 1.165) is 19.4 Å². The molecule has 0 amide bonds. The molecule has 0 bridgehead atoms. The Morgan fingerprint density at radius 2 is 2.06 bits per heavy atom. The molecule has 1 aromatic rings. The van der Waals surface area contributed by atoms with Crippen LogP contribution in [0.5, 0.6) is 0 Å². The fourth-order valence-electron chi connectivity index (χ4n) is 2.55. The van der Waals surface area contributed by atoms with Gasteiger partial charge in [0.05, 0.1) is 0 Å². The number of hydrogen-bond acceptors (Lipinski definition) is 2. The Hall–Kier alpha value is -1.35. The van der Waals surface area contributed by atoms with E-state index in [1.54, 1.807) is 0 Å². The SMILES string of the molecule is Cc1ccc(C(C)N2CCCC2C(=O)O)cc1. The lowest BCUT2D eigenvalue weighted by molar-refractivity contribution is -0.142. The maximum Gasteiger partial charge on any atom is 0.320 e. The molecule has 1 aliphatic heterocycles. The van der Waals surface area contributed by atoms with Gasteiger partial charge in [-0.05, 0) is 38.8 Å². The predicted molar refractivity (Wildman–Crippen MR) is 67.0 cm³/mol. The van der Waals surface area contributed by atoms with E-state index in [9.17, 15) is 9.90 Å². The van der Waals surface area contributed by atoms with Crippen molar-refractivity contribution in [3.05, 3.63) is 35.4 Å². The van der Waals surface area contributed by atoms with E-state index in [-0.39, 0.29) is 12.1 Å². The van der Waals surface area contributed by atoms with Crippen LogP contribution in [-0.2, 0) is 4.79 Å². The predicted octanol–water partition coefficient (Wildman–Crippen LogP) is 2.61. The molecule has 0 radical (unpaired) electrons. The number of benzene rings is 1. The first-order chi connectivity index (χ1) is 8.09. The number of aryl methyl sites for hydroxylation is 1. The molecule has 1 aromatic carbocycles. The Labute approximate surface area is 102 Å². The average molecular weight is 233 g/mol. The maximum atomic E-state index is 11.2. The molecule has 2 atom stereocenters. The van der Waals surface area contributed by atoms with Crippen molar-refractivity contribution in [1.82, 2.24) is 4.90 Å². The van der Waals surface area contributed by atoms with E-state index in [1.807, 2.05) is 0 Å². The van der Waals surface area contributed by atoms with E-state index in [0.29, 0.717) is 0 Å². The summed E-state index contributed by atoms with van der Waals surface area (Å²) in [6.07, 6.45) is 1.75. The van der Waals surface area contributed by atoms with E-state index >= 15 is 0 Å². The Morgan fingerprint density at radius 3 is 2.65 bits per heavy atom. The van der Waals surface area contributed by atoms with Gasteiger partial charge < -0.3 is 5.11 Å². The van der Waals surface area contributed by atoms with Gasteiger partial charge in [-0.15, -0.1) is 0 Å². The number of rotatable bonds is 3. The van der Waals surface area contributed by atoms with Crippen LogP contribution in [0.15, 0.2) is 24.3 Å². The van der Waals surface area contributed by atoms with E-state index in [1.165, 1.54) is 11.1 Å². The van der Waals surface area contributed by atoms with Crippen LogP contribution in [0.1, 0.15) is 36.9 Å². The Morgan fingerprint density at radius 1 is 1.41 bits per heavy atom. The Kier molecular flexibility index (Phi) is 3.48. The second-order valence-corrected chi connectivity index (χ2v) is 4.82. The molecule has 3 nitrogen and oxygen atoms in total. The first kappa shape index (κ1) is 12.1. The van der Waals surface area contributed by atoms with E-state index in [4.69, 9.17) is 0 Å². The summed E-state index contributed by atoms with van der Waals surface area (Å²) in [5.74, 6) is -0.693. The molecule has 1 aliphatic rings. The first-order valence-corrected chi connectivity index (χ1v) is 6.14. The number of nitrogens with zero attached hydrogens (tertiary/aromatic N) is 1. The van der Waals surface area contributed by atoms with Crippen LogP contribution in [-0.4, -0.2) is 28.6 Å². The summed E-state index contributed by atoms with van der Waals surface area (Å²) >= 11 is 0. The van der Waals surface area contributed by atoms with Crippen molar-refractivity contribution >= 4 is 5.97 Å². The maximum absolute atomic E-state index is 11.2. The van der Waals surface area contributed by atoms with Gasteiger partial charge in [0.25, 0.3) is 0 Å². The first-order valence-electron chi connectivity index (χ1n) is 6.14. The van der Waals surface area contributed by atoms with Crippen LogP contribution in [0.25, 0.3) is 0 Å². The summed E-state index contributed by atoms with van der Waals surface area (Å²) in [6, 6.07) is 8.22. The highest BCUT2D eigenvalue weighted by molar-refractivity contribution is 5.73. The van der Waals surface area contributed by atoms with Gasteiger partial charge in [0.1, 0.15) is 6.04 Å². The Balaban J connectivity index is 2.16. The highest BCUT2D eigenvalue weighted by Gasteiger charge is 2.33. The van der Waals surface area contributed by atoms with E-state index < -0.39 is 5.97 Å². The Bertz CT molecular complexity index is 399. The average Bonchev–Trinajstić information content (AvgIpc) is 2.78. The van der Waals surface area contributed by atoms with Crippen molar-refractivity contribution in [1.29, 1.82) is 0 Å². The van der Waals surface area contributed by atoms with Gasteiger partial charge in [0, 0.05) is 6.04 Å². The highest BCUT2D eigenvalue weighted by Crippen LogP contribution is 2.29. The minimum atomic E-state index is -0.693. The number of carboxylic acid groups (broad SMARTS) is 1. The number of likely N-dealkylation sites (tertiary alicyclic amines) is 1. The van der Waals surface area contributed by atoms with Crippen LogP contribution < -0.4 is 0 Å². The lowest BCUT2D eigenvalue weighted by atomic mass is 10.0. The molecule has 3 heteroatoms. The molecule has 0 saturated carbocycles. The van der Waals surface area contributed by atoms with Gasteiger partial charge in [0.2, 0.25) is 0 Å². The molecule has 1 heterocycles. The molecule has 2 unspecified atom stereocenters. The molecule has 0 spiro atoms. The molecule has 1 saturated heterocycles. The summed E-state index contributed by atoms with van der Waals surface area (Å²) in [6.45, 7) is 5.03. The molecule has 17 heavy (non-hydrogen) atoms. The third-order valence-corrected chi connectivity index (χ3v) is 3.64. The minimum absolute atomic E-state index is 0.180. The van der Waals surface area contributed by atoms with Gasteiger partial charge in [-0.25, -0.2) is 0 Å². The third kappa shape index (κ3) is 2.50. The summed E-state index contributed by atoms with van der Waals surface area (Å²) in [5, 5.41) is 9.18. The van der Waals surface area contributed by atoms with Crippen molar-refractivity contribution < 1.29 is 9.90 Å². The number of carboxylic acids is 1. The summed E-state index contributed by atoms with van der Waals surface area (Å²) in [5.41, 5.74) is 2.43. The molecule has 1 fully saturated rings. The smallest absolute Gasteiger partial charge is 0.320 e. The second kappa shape index (κ2) is 4.88. The van der Waals surface area contributed by atoms with Crippen molar-refractivity contribution in [2.45, 2.75) is 38.8 Å². The van der Waals surface area contributed by atoms with Gasteiger partial charge >= 0.3 is 5.97 Å². The third-order valence-electron chi connectivity index (χ3n) is 3.64. The largest absolute Gasteiger partial charge is 0.480 e. The summed E-state index contributed by atoms with van der Waals surface area (Å²) in [4.78, 5) is 13.3. The van der Waals surface area contributed by atoms with Gasteiger partial charge in [0.15, 0.2) is 0 Å². The van der Waals surface area contributed by atoms with Crippen LogP contribution in [0.3, 0.4) is 0 Å². The number of carbonyl (C=O) groups is 1. The van der Waals surface area contributed by atoms with Crippen LogP contribution in [0.4, 0.5) is 0 Å². The molecule has 1 N–H and O–H groups in total. The normalized spacial score (nSPS) is 22.6. The number of aliphatic carboxylic acids is 1. The van der Waals surface area contributed by atoms with Gasteiger partial charge in [-0.1, -0.05) is 29.8 Å².